The number of hydrogen-bond donors (Lipinski definition) is 1. The Kier molecular flexibility index (Phi) is 3.29. The van der Waals surface area contributed by atoms with Gasteiger partial charge in [-0.25, -0.2) is 0 Å². The van der Waals surface area contributed by atoms with Crippen molar-refractivity contribution in [2.45, 2.75) is 45.1 Å². The fourth-order valence-electron chi connectivity index (χ4n) is 3.20. The van der Waals surface area contributed by atoms with E-state index in [1.807, 2.05) is 6.92 Å². The molecule has 1 saturated carbocycles. The molecule has 86 valence electrons. The molecule has 0 bridgehead atoms. The fourth-order valence-corrected chi connectivity index (χ4v) is 3.20. The first kappa shape index (κ1) is 10.9. The van der Waals surface area contributed by atoms with Gasteiger partial charge in [-0.1, -0.05) is 39.0 Å². The standard InChI is InChI=1S/C12H20O3/c1-8-11(9-5-3-2-4-6-9)10(7-13)15-12(8)14/h8-11,13H,2-7H2,1H3/t8-,10-,11+/m1/s1. The minimum absolute atomic E-state index is 0.0166. The minimum atomic E-state index is -0.240. The second-order valence-corrected chi connectivity index (χ2v) is 4.92. The van der Waals surface area contributed by atoms with E-state index in [0.29, 0.717) is 5.92 Å². The topological polar surface area (TPSA) is 46.5 Å². The van der Waals surface area contributed by atoms with Gasteiger partial charge < -0.3 is 9.84 Å². The highest BCUT2D eigenvalue weighted by molar-refractivity contribution is 5.74. The average Bonchev–Trinajstić information content (AvgIpc) is 2.56. The zero-order valence-corrected chi connectivity index (χ0v) is 9.32. The zero-order valence-electron chi connectivity index (χ0n) is 9.32. The van der Waals surface area contributed by atoms with E-state index in [0.717, 1.165) is 0 Å². The molecule has 2 fully saturated rings. The van der Waals surface area contributed by atoms with E-state index in [9.17, 15) is 9.90 Å². The summed E-state index contributed by atoms with van der Waals surface area (Å²) < 4.78 is 5.20. The number of rotatable bonds is 2. The van der Waals surface area contributed by atoms with Gasteiger partial charge in [-0.2, -0.15) is 0 Å². The van der Waals surface area contributed by atoms with Gasteiger partial charge in [0.25, 0.3) is 0 Å². The minimum Gasteiger partial charge on any atom is -0.459 e. The monoisotopic (exact) mass is 212 g/mol. The summed E-state index contributed by atoms with van der Waals surface area (Å²) >= 11 is 0. The lowest BCUT2D eigenvalue weighted by Gasteiger charge is -2.30. The van der Waals surface area contributed by atoms with Crippen LogP contribution in [-0.2, 0) is 9.53 Å². The summed E-state index contributed by atoms with van der Waals surface area (Å²) in [6.45, 7) is 1.93. The summed E-state index contributed by atoms with van der Waals surface area (Å²) in [5.41, 5.74) is 0. The summed E-state index contributed by atoms with van der Waals surface area (Å²) in [6.07, 6.45) is 6.00. The van der Waals surface area contributed by atoms with E-state index >= 15 is 0 Å². The zero-order chi connectivity index (χ0) is 10.8. The predicted octanol–water partition coefficient (Wildman–Crippen LogP) is 1.74. The van der Waals surface area contributed by atoms with Crippen molar-refractivity contribution >= 4 is 5.97 Å². The molecule has 2 rings (SSSR count). The molecule has 0 aromatic heterocycles. The van der Waals surface area contributed by atoms with Gasteiger partial charge in [0.05, 0.1) is 12.5 Å². The molecule has 3 nitrogen and oxygen atoms in total. The van der Waals surface area contributed by atoms with Gasteiger partial charge in [-0.3, -0.25) is 4.79 Å². The van der Waals surface area contributed by atoms with Crippen LogP contribution < -0.4 is 0 Å². The van der Waals surface area contributed by atoms with E-state index in [-0.39, 0.29) is 30.5 Å². The van der Waals surface area contributed by atoms with Gasteiger partial charge >= 0.3 is 5.97 Å². The Morgan fingerprint density at radius 2 is 2.00 bits per heavy atom. The highest BCUT2D eigenvalue weighted by atomic mass is 16.6. The Morgan fingerprint density at radius 3 is 2.60 bits per heavy atom. The van der Waals surface area contributed by atoms with E-state index in [1.54, 1.807) is 0 Å². The number of hydrogen-bond acceptors (Lipinski definition) is 3. The van der Waals surface area contributed by atoms with Crippen LogP contribution in [0, 0.1) is 17.8 Å². The molecular formula is C12H20O3. The molecule has 3 heteroatoms. The Hall–Kier alpha value is -0.570. The molecule has 0 unspecified atom stereocenters. The summed E-state index contributed by atoms with van der Waals surface area (Å²) in [5, 5.41) is 9.23. The van der Waals surface area contributed by atoms with Crippen LogP contribution in [0.15, 0.2) is 0 Å². The Labute approximate surface area is 90.8 Å². The van der Waals surface area contributed by atoms with Gasteiger partial charge in [0.15, 0.2) is 0 Å². The van der Waals surface area contributed by atoms with Gasteiger partial charge in [-0.15, -0.1) is 0 Å². The van der Waals surface area contributed by atoms with Gasteiger partial charge in [0.2, 0.25) is 0 Å². The average molecular weight is 212 g/mol. The lowest BCUT2D eigenvalue weighted by molar-refractivity contribution is -0.145. The van der Waals surface area contributed by atoms with Crippen LogP contribution in [0.2, 0.25) is 0 Å². The summed E-state index contributed by atoms with van der Waals surface area (Å²) in [6, 6.07) is 0. The van der Waals surface area contributed by atoms with E-state index < -0.39 is 0 Å². The molecule has 0 amide bonds. The van der Waals surface area contributed by atoms with Crippen molar-refractivity contribution in [3.63, 3.8) is 0 Å². The first-order chi connectivity index (χ1) is 7.24. The Bertz CT molecular complexity index is 233. The van der Waals surface area contributed by atoms with Gasteiger partial charge in [-0.05, 0) is 5.92 Å². The molecule has 0 aromatic rings. The number of esters is 1. The van der Waals surface area contributed by atoms with Crippen molar-refractivity contribution in [3.8, 4) is 0 Å². The van der Waals surface area contributed by atoms with E-state index in [1.165, 1.54) is 32.1 Å². The highest BCUT2D eigenvalue weighted by Crippen LogP contribution is 2.40. The molecule has 0 aromatic carbocycles. The fraction of sp³-hybridized carbons (Fsp3) is 0.917. The molecule has 3 atom stereocenters. The largest absolute Gasteiger partial charge is 0.459 e. The molecule has 15 heavy (non-hydrogen) atoms. The second kappa shape index (κ2) is 4.52. The van der Waals surface area contributed by atoms with E-state index in [4.69, 9.17) is 4.74 Å². The smallest absolute Gasteiger partial charge is 0.309 e. The van der Waals surface area contributed by atoms with Gasteiger partial charge in [0.1, 0.15) is 6.10 Å². The van der Waals surface area contributed by atoms with Gasteiger partial charge in [0, 0.05) is 5.92 Å². The SMILES string of the molecule is C[C@H]1C(=O)O[C@H](CO)[C@@H]1C1CCCCC1. The molecule has 1 N–H and O–H groups in total. The van der Waals surface area contributed by atoms with E-state index in [2.05, 4.69) is 0 Å². The maximum Gasteiger partial charge on any atom is 0.309 e. The van der Waals surface area contributed by atoms with Crippen LogP contribution in [0.3, 0.4) is 0 Å². The quantitative estimate of drug-likeness (QED) is 0.709. The second-order valence-electron chi connectivity index (χ2n) is 4.92. The molecular weight excluding hydrogens is 192 g/mol. The molecule has 0 radical (unpaired) electrons. The van der Waals surface area contributed by atoms with Crippen molar-refractivity contribution in [2.24, 2.45) is 17.8 Å². The van der Waals surface area contributed by atoms with Crippen LogP contribution in [0.4, 0.5) is 0 Å². The predicted molar refractivity (Wildman–Crippen MR) is 56.2 cm³/mol. The highest BCUT2D eigenvalue weighted by Gasteiger charge is 2.45. The van der Waals surface area contributed by atoms with Crippen LogP contribution in [0.1, 0.15) is 39.0 Å². The lowest BCUT2D eigenvalue weighted by atomic mass is 9.73. The molecule has 1 heterocycles. The molecule has 1 aliphatic heterocycles. The molecule has 0 spiro atoms. The molecule has 1 aliphatic carbocycles. The van der Waals surface area contributed by atoms with Crippen molar-refractivity contribution in [1.29, 1.82) is 0 Å². The number of aliphatic hydroxyl groups excluding tert-OH is 1. The van der Waals surface area contributed by atoms with Crippen LogP contribution >= 0.6 is 0 Å². The molecule has 2 aliphatic rings. The number of carbonyl (C=O) groups excluding carboxylic acids is 1. The maximum atomic E-state index is 11.5. The van der Waals surface area contributed by atoms with Crippen molar-refractivity contribution in [1.82, 2.24) is 0 Å². The van der Waals surface area contributed by atoms with Crippen LogP contribution in [-0.4, -0.2) is 23.8 Å². The summed E-state index contributed by atoms with van der Waals surface area (Å²) in [4.78, 5) is 11.5. The number of cyclic esters (lactones) is 1. The lowest BCUT2D eigenvalue weighted by Crippen LogP contribution is -2.31. The van der Waals surface area contributed by atoms with Crippen molar-refractivity contribution < 1.29 is 14.6 Å². The van der Waals surface area contributed by atoms with Crippen LogP contribution in [0.25, 0.3) is 0 Å². The van der Waals surface area contributed by atoms with Crippen LogP contribution in [0.5, 0.6) is 0 Å². The third-order valence-corrected chi connectivity index (χ3v) is 4.02. The number of aliphatic hydroxyl groups is 1. The number of ether oxygens (including phenoxy) is 1. The third kappa shape index (κ3) is 2.03. The maximum absolute atomic E-state index is 11.5. The number of carbonyl (C=O) groups is 1. The summed E-state index contributed by atoms with van der Waals surface area (Å²) in [5.74, 6) is 0.690. The third-order valence-electron chi connectivity index (χ3n) is 4.02. The first-order valence-corrected chi connectivity index (χ1v) is 6.05. The Morgan fingerprint density at radius 1 is 1.33 bits per heavy atom. The Balaban J connectivity index is 2.06. The molecule has 1 saturated heterocycles. The first-order valence-electron chi connectivity index (χ1n) is 6.05. The summed E-state index contributed by atoms with van der Waals surface area (Å²) in [7, 11) is 0. The van der Waals surface area contributed by atoms with Crippen molar-refractivity contribution in [2.75, 3.05) is 6.61 Å². The van der Waals surface area contributed by atoms with Crippen molar-refractivity contribution in [3.05, 3.63) is 0 Å². The normalized spacial score (nSPS) is 38.0.